The predicted molar refractivity (Wildman–Crippen MR) is 55.5 cm³/mol. The molecule has 5 heteroatoms. The molecule has 88 valence electrons. The van der Waals surface area contributed by atoms with E-state index in [-0.39, 0.29) is 24.3 Å². The summed E-state index contributed by atoms with van der Waals surface area (Å²) in [5.41, 5.74) is 0. The van der Waals surface area contributed by atoms with E-state index >= 15 is 0 Å². The molecule has 0 fully saturated rings. The normalized spacial score (nSPS) is 14.7. The summed E-state index contributed by atoms with van der Waals surface area (Å²) in [7, 11) is 1.44. The summed E-state index contributed by atoms with van der Waals surface area (Å²) in [5, 5.41) is 11.3. The summed E-state index contributed by atoms with van der Waals surface area (Å²) < 4.78 is 4.84. The Morgan fingerprint density at radius 1 is 1.33 bits per heavy atom. The molecule has 5 nitrogen and oxygen atoms in total. The van der Waals surface area contributed by atoms with Crippen molar-refractivity contribution < 1.29 is 19.4 Å². The molecule has 2 atom stereocenters. The van der Waals surface area contributed by atoms with Crippen LogP contribution in [-0.4, -0.2) is 36.2 Å². The number of carbonyl (C=O) groups excluding carboxylic acids is 1. The van der Waals surface area contributed by atoms with E-state index in [0.29, 0.717) is 0 Å². The molecule has 15 heavy (non-hydrogen) atoms. The van der Waals surface area contributed by atoms with Crippen molar-refractivity contribution in [2.75, 3.05) is 7.11 Å². The molecule has 2 unspecified atom stereocenters. The highest BCUT2D eigenvalue weighted by Crippen LogP contribution is 2.06. The number of amides is 1. The molecule has 0 aliphatic rings. The summed E-state index contributed by atoms with van der Waals surface area (Å²) in [6.07, 6.45) is -0.625. The molecule has 0 heterocycles. The van der Waals surface area contributed by atoms with Gasteiger partial charge >= 0.3 is 5.97 Å². The van der Waals surface area contributed by atoms with E-state index < -0.39 is 12.1 Å². The van der Waals surface area contributed by atoms with Gasteiger partial charge in [0.15, 0.2) is 0 Å². The van der Waals surface area contributed by atoms with Crippen LogP contribution in [0.15, 0.2) is 0 Å². The number of ether oxygens (including phenoxy) is 1. The minimum absolute atomic E-state index is 0.0696. The summed E-state index contributed by atoms with van der Waals surface area (Å²) >= 11 is 0. The molecule has 0 aromatic rings. The summed E-state index contributed by atoms with van der Waals surface area (Å²) in [5.74, 6) is -1.12. The van der Waals surface area contributed by atoms with Crippen molar-refractivity contribution in [3.8, 4) is 0 Å². The van der Waals surface area contributed by atoms with Crippen molar-refractivity contribution >= 4 is 11.9 Å². The molecule has 0 saturated carbocycles. The number of hydrogen-bond acceptors (Lipinski definition) is 3. The molecule has 0 aromatic heterocycles. The average molecular weight is 217 g/mol. The SMILES string of the molecule is COC(C)C(=O)NC(CC(=O)O)C(C)C. The minimum atomic E-state index is -0.918. The maximum Gasteiger partial charge on any atom is 0.305 e. The van der Waals surface area contributed by atoms with Gasteiger partial charge in [0.1, 0.15) is 6.10 Å². The van der Waals surface area contributed by atoms with Crippen LogP contribution in [0.25, 0.3) is 0 Å². The van der Waals surface area contributed by atoms with E-state index in [1.54, 1.807) is 6.92 Å². The zero-order valence-electron chi connectivity index (χ0n) is 9.61. The quantitative estimate of drug-likeness (QED) is 0.684. The molecule has 0 rings (SSSR count). The number of carbonyl (C=O) groups is 2. The maximum absolute atomic E-state index is 11.4. The van der Waals surface area contributed by atoms with Gasteiger partial charge in [-0.15, -0.1) is 0 Å². The number of hydrogen-bond donors (Lipinski definition) is 2. The second-order valence-electron chi connectivity index (χ2n) is 3.83. The molecule has 0 spiro atoms. The molecular formula is C10H19NO4. The van der Waals surface area contributed by atoms with Crippen molar-refractivity contribution in [2.24, 2.45) is 5.92 Å². The Bertz CT molecular complexity index is 227. The van der Waals surface area contributed by atoms with Crippen LogP contribution in [0, 0.1) is 5.92 Å². The van der Waals surface area contributed by atoms with Crippen LogP contribution in [0.5, 0.6) is 0 Å². The van der Waals surface area contributed by atoms with Gasteiger partial charge in [-0.1, -0.05) is 13.8 Å². The third-order valence-electron chi connectivity index (χ3n) is 2.25. The molecular weight excluding hydrogens is 198 g/mol. The Kier molecular flexibility index (Phi) is 5.93. The number of methoxy groups -OCH3 is 1. The third-order valence-corrected chi connectivity index (χ3v) is 2.25. The van der Waals surface area contributed by atoms with Crippen LogP contribution >= 0.6 is 0 Å². The van der Waals surface area contributed by atoms with Crippen molar-refractivity contribution in [1.82, 2.24) is 5.32 Å². The van der Waals surface area contributed by atoms with Gasteiger partial charge in [0.25, 0.3) is 0 Å². The van der Waals surface area contributed by atoms with Crippen molar-refractivity contribution in [1.29, 1.82) is 0 Å². The van der Waals surface area contributed by atoms with Gasteiger partial charge in [-0.25, -0.2) is 0 Å². The first-order chi connectivity index (χ1) is 6.88. The van der Waals surface area contributed by atoms with Gasteiger partial charge in [0.05, 0.1) is 6.42 Å². The van der Waals surface area contributed by atoms with Gasteiger partial charge < -0.3 is 15.2 Å². The van der Waals surface area contributed by atoms with E-state index in [1.165, 1.54) is 7.11 Å². The van der Waals surface area contributed by atoms with Crippen LogP contribution in [0.1, 0.15) is 27.2 Å². The standard InChI is InChI=1S/C10H19NO4/c1-6(2)8(5-9(12)13)11-10(14)7(3)15-4/h6-8H,5H2,1-4H3,(H,11,14)(H,12,13). The number of carboxylic acid groups (broad SMARTS) is 1. The van der Waals surface area contributed by atoms with Crippen molar-refractivity contribution in [3.05, 3.63) is 0 Å². The van der Waals surface area contributed by atoms with E-state index in [4.69, 9.17) is 9.84 Å². The molecule has 0 bridgehead atoms. The number of nitrogens with one attached hydrogen (secondary N) is 1. The molecule has 2 N–H and O–H groups in total. The van der Waals surface area contributed by atoms with Gasteiger partial charge in [0.2, 0.25) is 5.91 Å². The first-order valence-electron chi connectivity index (χ1n) is 4.93. The fourth-order valence-electron chi connectivity index (χ4n) is 1.05. The molecule has 1 amide bonds. The van der Waals surface area contributed by atoms with Crippen LogP contribution < -0.4 is 5.32 Å². The highest BCUT2D eigenvalue weighted by Gasteiger charge is 2.21. The van der Waals surface area contributed by atoms with Crippen LogP contribution in [0.2, 0.25) is 0 Å². The molecule has 0 aliphatic heterocycles. The minimum Gasteiger partial charge on any atom is -0.481 e. The monoisotopic (exact) mass is 217 g/mol. The van der Waals surface area contributed by atoms with Crippen molar-refractivity contribution in [2.45, 2.75) is 39.3 Å². The number of carboxylic acids is 1. The lowest BCUT2D eigenvalue weighted by Crippen LogP contribution is -2.44. The fraction of sp³-hybridized carbons (Fsp3) is 0.800. The highest BCUT2D eigenvalue weighted by atomic mass is 16.5. The van der Waals surface area contributed by atoms with E-state index in [0.717, 1.165) is 0 Å². The Labute approximate surface area is 89.8 Å². The van der Waals surface area contributed by atoms with Crippen LogP contribution in [0.4, 0.5) is 0 Å². The average Bonchev–Trinajstić information content (AvgIpc) is 2.14. The topological polar surface area (TPSA) is 75.6 Å². The van der Waals surface area contributed by atoms with Gasteiger partial charge in [-0.05, 0) is 12.8 Å². The lowest BCUT2D eigenvalue weighted by Gasteiger charge is -2.22. The second kappa shape index (κ2) is 6.40. The Morgan fingerprint density at radius 2 is 1.87 bits per heavy atom. The Balaban J connectivity index is 4.28. The van der Waals surface area contributed by atoms with Crippen LogP contribution in [-0.2, 0) is 14.3 Å². The smallest absolute Gasteiger partial charge is 0.305 e. The van der Waals surface area contributed by atoms with E-state index in [1.807, 2.05) is 13.8 Å². The predicted octanol–water partition coefficient (Wildman–Crippen LogP) is 0.637. The van der Waals surface area contributed by atoms with Gasteiger partial charge in [-0.3, -0.25) is 9.59 Å². The molecule has 0 saturated heterocycles. The summed E-state index contributed by atoms with van der Waals surface area (Å²) in [4.78, 5) is 22.0. The Hall–Kier alpha value is -1.10. The van der Waals surface area contributed by atoms with Gasteiger partial charge in [-0.2, -0.15) is 0 Å². The lowest BCUT2D eigenvalue weighted by molar-refractivity contribution is -0.138. The Morgan fingerprint density at radius 3 is 2.20 bits per heavy atom. The fourth-order valence-corrected chi connectivity index (χ4v) is 1.05. The number of aliphatic carboxylic acids is 1. The highest BCUT2D eigenvalue weighted by molar-refractivity contribution is 5.81. The first kappa shape index (κ1) is 13.9. The second-order valence-corrected chi connectivity index (χ2v) is 3.83. The van der Waals surface area contributed by atoms with Crippen LogP contribution in [0.3, 0.4) is 0 Å². The van der Waals surface area contributed by atoms with Crippen molar-refractivity contribution in [3.63, 3.8) is 0 Å². The van der Waals surface area contributed by atoms with Gasteiger partial charge in [0, 0.05) is 13.2 Å². The zero-order valence-corrected chi connectivity index (χ0v) is 9.61. The molecule has 0 aromatic carbocycles. The first-order valence-corrected chi connectivity index (χ1v) is 4.93. The summed E-state index contributed by atoms with van der Waals surface area (Å²) in [6.45, 7) is 5.35. The third kappa shape index (κ3) is 5.37. The molecule has 0 aliphatic carbocycles. The lowest BCUT2D eigenvalue weighted by atomic mass is 10.0. The largest absolute Gasteiger partial charge is 0.481 e. The summed E-state index contributed by atoms with van der Waals surface area (Å²) in [6, 6.07) is -0.354. The van der Waals surface area contributed by atoms with E-state index in [2.05, 4.69) is 5.32 Å². The zero-order chi connectivity index (χ0) is 12.0. The number of rotatable bonds is 6. The molecule has 0 radical (unpaired) electrons. The maximum atomic E-state index is 11.4. The van der Waals surface area contributed by atoms with E-state index in [9.17, 15) is 9.59 Å².